The Labute approximate surface area is 91.9 Å². The summed E-state index contributed by atoms with van der Waals surface area (Å²) < 4.78 is 0. The molecule has 0 aliphatic rings. The Kier molecular flexibility index (Phi) is 4.33. The predicted molar refractivity (Wildman–Crippen MR) is 62.6 cm³/mol. The highest BCUT2D eigenvalue weighted by molar-refractivity contribution is 5.29. The fraction of sp³-hybridized carbons (Fsp3) is 0.462. The zero-order valence-corrected chi connectivity index (χ0v) is 9.62. The van der Waals surface area contributed by atoms with Gasteiger partial charge in [-0.05, 0) is 23.6 Å². The molecule has 1 rings (SSSR count). The first-order chi connectivity index (χ1) is 7.19. The van der Waals surface area contributed by atoms with Gasteiger partial charge in [-0.15, -0.1) is 0 Å². The third-order valence-corrected chi connectivity index (χ3v) is 2.47. The first kappa shape index (κ1) is 11.7. The van der Waals surface area contributed by atoms with E-state index in [1.165, 1.54) is 5.56 Å². The molecule has 15 heavy (non-hydrogen) atoms. The number of nitriles is 1. The van der Waals surface area contributed by atoms with Crippen LogP contribution in [0.3, 0.4) is 0 Å². The van der Waals surface area contributed by atoms with Gasteiger partial charge in [-0.25, -0.2) is 0 Å². The van der Waals surface area contributed by atoms with Crippen LogP contribution in [-0.4, -0.2) is 6.54 Å². The zero-order chi connectivity index (χ0) is 11.3. The van der Waals surface area contributed by atoms with Crippen molar-refractivity contribution in [3.8, 4) is 6.07 Å². The molecule has 0 aliphatic carbocycles. The van der Waals surface area contributed by atoms with Crippen molar-refractivity contribution in [3.05, 3.63) is 35.4 Å². The molecule has 0 spiro atoms. The zero-order valence-electron chi connectivity index (χ0n) is 9.62. The summed E-state index contributed by atoms with van der Waals surface area (Å²) in [6, 6.07) is 10.3. The molecule has 0 bridgehead atoms. The molecule has 0 radical (unpaired) electrons. The largest absolute Gasteiger partial charge is 0.298 e. The highest BCUT2D eigenvalue weighted by Gasteiger charge is 2.08. The van der Waals surface area contributed by atoms with E-state index in [4.69, 9.17) is 5.26 Å². The summed E-state index contributed by atoms with van der Waals surface area (Å²) in [5.74, 6) is 0.540. The average molecular weight is 202 g/mol. The van der Waals surface area contributed by atoms with Gasteiger partial charge in [0.25, 0.3) is 0 Å². The van der Waals surface area contributed by atoms with Crippen molar-refractivity contribution >= 4 is 0 Å². The number of hydrogen-bond acceptors (Lipinski definition) is 2. The van der Waals surface area contributed by atoms with Crippen molar-refractivity contribution in [3.63, 3.8) is 0 Å². The second kappa shape index (κ2) is 5.53. The van der Waals surface area contributed by atoms with E-state index in [0.29, 0.717) is 5.92 Å². The smallest absolute Gasteiger partial charge is 0.121 e. The maximum Gasteiger partial charge on any atom is 0.121 e. The SMILES string of the molecule is CCNC(C#N)c1ccc(C(C)C)cc1. The molecular weight excluding hydrogens is 184 g/mol. The molecule has 0 saturated heterocycles. The summed E-state index contributed by atoms with van der Waals surface area (Å²) in [7, 11) is 0. The minimum atomic E-state index is -0.184. The number of nitrogens with zero attached hydrogens (tertiary/aromatic N) is 1. The Balaban J connectivity index is 2.83. The lowest BCUT2D eigenvalue weighted by molar-refractivity contribution is 0.657. The molecule has 1 unspecified atom stereocenters. The number of nitrogens with one attached hydrogen (secondary N) is 1. The Morgan fingerprint density at radius 2 is 1.73 bits per heavy atom. The van der Waals surface area contributed by atoms with Crippen molar-refractivity contribution in [2.45, 2.75) is 32.7 Å². The van der Waals surface area contributed by atoms with Gasteiger partial charge in [0.1, 0.15) is 6.04 Å². The Bertz CT molecular complexity index is 333. The van der Waals surface area contributed by atoms with E-state index in [1.54, 1.807) is 0 Å². The third-order valence-electron chi connectivity index (χ3n) is 2.47. The van der Waals surface area contributed by atoms with Gasteiger partial charge < -0.3 is 0 Å². The standard InChI is InChI=1S/C13H18N2/c1-4-15-13(9-14)12-7-5-11(6-8-12)10(2)3/h5-8,10,13,15H,4H2,1-3H3. The van der Waals surface area contributed by atoms with Gasteiger partial charge in [-0.2, -0.15) is 5.26 Å². The van der Waals surface area contributed by atoms with Crippen molar-refractivity contribution in [1.82, 2.24) is 5.32 Å². The van der Waals surface area contributed by atoms with Gasteiger partial charge in [0.15, 0.2) is 0 Å². The van der Waals surface area contributed by atoms with E-state index in [-0.39, 0.29) is 6.04 Å². The Morgan fingerprint density at radius 1 is 1.20 bits per heavy atom. The molecule has 0 aliphatic heterocycles. The van der Waals surface area contributed by atoms with Crippen LogP contribution >= 0.6 is 0 Å². The first-order valence-corrected chi connectivity index (χ1v) is 5.42. The van der Waals surface area contributed by atoms with Gasteiger partial charge in [0.2, 0.25) is 0 Å². The minimum Gasteiger partial charge on any atom is -0.298 e. The summed E-state index contributed by atoms with van der Waals surface area (Å²) in [6.07, 6.45) is 0. The monoisotopic (exact) mass is 202 g/mol. The van der Waals surface area contributed by atoms with Crippen molar-refractivity contribution in [2.24, 2.45) is 0 Å². The maximum atomic E-state index is 8.98. The van der Waals surface area contributed by atoms with Crippen LogP contribution in [0.2, 0.25) is 0 Å². The molecule has 80 valence electrons. The summed E-state index contributed by atoms with van der Waals surface area (Å²) in [4.78, 5) is 0. The van der Waals surface area contributed by atoms with Gasteiger partial charge >= 0.3 is 0 Å². The molecule has 2 nitrogen and oxygen atoms in total. The van der Waals surface area contributed by atoms with Crippen LogP contribution in [0.5, 0.6) is 0 Å². The summed E-state index contributed by atoms with van der Waals surface area (Å²) >= 11 is 0. The van der Waals surface area contributed by atoms with Gasteiger partial charge in [-0.3, -0.25) is 5.32 Å². The number of rotatable bonds is 4. The molecule has 2 heteroatoms. The van der Waals surface area contributed by atoms with Crippen LogP contribution < -0.4 is 5.32 Å². The van der Waals surface area contributed by atoms with E-state index in [1.807, 2.05) is 19.1 Å². The van der Waals surface area contributed by atoms with Crippen LogP contribution in [-0.2, 0) is 0 Å². The van der Waals surface area contributed by atoms with Crippen molar-refractivity contribution in [1.29, 1.82) is 5.26 Å². The summed E-state index contributed by atoms with van der Waals surface area (Å²) in [5, 5.41) is 12.1. The maximum absolute atomic E-state index is 8.98. The molecule has 1 atom stereocenters. The summed E-state index contributed by atoms with van der Waals surface area (Å²) in [6.45, 7) is 7.15. The fourth-order valence-electron chi connectivity index (χ4n) is 1.52. The lowest BCUT2D eigenvalue weighted by Crippen LogP contribution is -2.19. The minimum absolute atomic E-state index is 0.184. The van der Waals surface area contributed by atoms with Crippen LogP contribution in [0.25, 0.3) is 0 Å². The second-order valence-corrected chi connectivity index (χ2v) is 3.94. The Hall–Kier alpha value is -1.33. The second-order valence-electron chi connectivity index (χ2n) is 3.94. The molecule has 1 aromatic rings. The lowest BCUT2D eigenvalue weighted by Gasteiger charge is -2.11. The van der Waals surface area contributed by atoms with E-state index in [2.05, 4.69) is 37.4 Å². The van der Waals surface area contributed by atoms with Crippen LogP contribution in [0, 0.1) is 11.3 Å². The predicted octanol–water partition coefficient (Wildman–Crippen LogP) is 2.98. The molecule has 1 N–H and O–H groups in total. The molecule has 0 heterocycles. The molecular formula is C13H18N2. The molecule has 0 fully saturated rings. The topological polar surface area (TPSA) is 35.8 Å². The molecule has 1 aromatic carbocycles. The van der Waals surface area contributed by atoms with Crippen LogP contribution in [0.4, 0.5) is 0 Å². The average Bonchev–Trinajstić information content (AvgIpc) is 2.26. The van der Waals surface area contributed by atoms with Gasteiger partial charge in [0.05, 0.1) is 6.07 Å². The third kappa shape index (κ3) is 3.07. The Morgan fingerprint density at radius 3 is 2.13 bits per heavy atom. The van der Waals surface area contributed by atoms with Crippen LogP contribution in [0.15, 0.2) is 24.3 Å². The quantitative estimate of drug-likeness (QED) is 0.814. The van der Waals surface area contributed by atoms with Gasteiger partial charge in [0, 0.05) is 0 Å². The molecule has 0 amide bonds. The van der Waals surface area contributed by atoms with E-state index < -0.39 is 0 Å². The van der Waals surface area contributed by atoms with Crippen molar-refractivity contribution in [2.75, 3.05) is 6.54 Å². The molecule has 0 saturated carbocycles. The van der Waals surface area contributed by atoms with E-state index in [0.717, 1.165) is 12.1 Å². The van der Waals surface area contributed by atoms with E-state index in [9.17, 15) is 0 Å². The van der Waals surface area contributed by atoms with E-state index >= 15 is 0 Å². The highest BCUT2D eigenvalue weighted by Crippen LogP contribution is 2.18. The fourth-order valence-corrected chi connectivity index (χ4v) is 1.52. The van der Waals surface area contributed by atoms with Gasteiger partial charge in [-0.1, -0.05) is 45.0 Å². The first-order valence-electron chi connectivity index (χ1n) is 5.42. The normalized spacial score (nSPS) is 12.5. The summed E-state index contributed by atoms with van der Waals surface area (Å²) in [5.41, 5.74) is 2.36. The molecule has 0 aromatic heterocycles. The van der Waals surface area contributed by atoms with Crippen LogP contribution in [0.1, 0.15) is 43.9 Å². The van der Waals surface area contributed by atoms with Crippen molar-refractivity contribution < 1.29 is 0 Å². The number of benzene rings is 1. The lowest BCUT2D eigenvalue weighted by atomic mass is 9.99. The highest BCUT2D eigenvalue weighted by atomic mass is 14.9. The number of hydrogen-bond donors (Lipinski definition) is 1.